The van der Waals surface area contributed by atoms with Gasteiger partial charge in [-0.15, -0.1) is 0 Å². The SMILES string of the molecule is CC.O=Cc1cnc(-c2cccc(S(=O)N3CCC(Nc4ncc(Cl)cn4)CC3)c2)nc1. The largest absolute Gasteiger partial charge is 0.351 e. The average Bonchev–Trinajstić information content (AvgIpc) is 2.87. The van der Waals surface area contributed by atoms with E-state index in [9.17, 15) is 9.00 Å². The number of carbonyl (C=O) groups excluding carboxylic acids is 1. The monoisotopic (exact) mass is 472 g/mol. The molecule has 1 aliphatic rings. The van der Waals surface area contributed by atoms with E-state index in [2.05, 4.69) is 25.3 Å². The zero-order valence-corrected chi connectivity index (χ0v) is 19.5. The minimum atomic E-state index is -1.28. The van der Waals surface area contributed by atoms with Crippen molar-refractivity contribution in [1.82, 2.24) is 24.2 Å². The molecular weight excluding hydrogens is 448 g/mol. The summed E-state index contributed by atoms with van der Waals surface area (Å²) in [5.41, 5.74) is 1.17. The molecule has 8 nitrogen and oxygen atoms in total. The number of carbonyl (C=O) groups is 1. The molecule has 1 saturated heterocycles. The summed E-state index contributed by atoms with van der Waals surface area (Å²) in [7, 11) is -1.28. The first-order chi connectivity index (χ1) is 15.6. The number of benzene rings is 1. The Morgan fingerprint density at radius 1 is 1.06 bits per heavy atom. The molecule has 10 heteroatoms. The highest BCUT2D eigenvalue weighted by atomic mass is 35.5. The van der Waals surface area contributed by atoms with Gasteiger partial charge in [0.05, 0.1) is 27.9 Å². The second-order valence-electron chi connectivity index (χ2n) is 6.81. The molecule has 1 N–H and O–H groups in total. The van der Waals surface area contributed by atoms with Gasteiger partial charge in [-0.2, -0.15) is 0 Å². The minimum absolute atomic E-state index is 0.218. The van der Waals surface area contributed by atoms with Gasteiger partial charge in [-0.25, -0.2) is 28.5 Å². The Kier molecular flexibility index (Phi) is 8.78. The van der Waals surface area contributed by atoms with Crippen LogP contribution in [0.15, 0.2) is 53.9 Å². The molecule has 1 aliphatic heterocycles. The molecule has 2 aromatic heterocycles. The first kappa shape index (κ1) is 23.9. The lowest BCUT2D eigenvalue weighted by atomic mass is 10.1. The molecule has 1 atom stereocenters. The molecule has 0 bridgehead atoms. The van der Waals surface area contributed by atoms with E-state index in [-0.39, 0.29) is 6.04 Å². The number of halogens is 1. The minimum Gasteiger partial charge on any atom is -0.351 e. The van der Waals surface area contributed by atoms with Gasteiger partial charge in [-0.1, -0.05) is 37.6 Å². The summed E-state index contributed by atoms with van der Waals surface area (Å²) in [6, 6.07) is 7.59. The van der Waals surface area contributed by atoms with Gasteiger partial charge in [0.25, 0.3) is 0 Å². The van der Waals surface area contributed by atoms with Crippen molar-refractivity contribution >= 4 is 34.8 Å². The van der Waals surface area contributed by atoms with E-state index < -0.39 is 11.0 Å². The summed E-state index contributed by atoms with van der Waals surface area (Å²) in [6.45, 7) is 5.37. The first-order valence-corrected chi connectivity index (χ1v) is 11.9. The highest BCUT2D eigenvalue weighted by Crippen LogP contribution is 2.23. The molecule has 1 unspecified atom stereocenters. The summed E-state index contributed by atoms with van der Waals surface area (Å²) >= 11 is 5.82. The fourth-order valence-corrected chi connectivity index (χ4v) is 4.54. The molecule has 1 aromatic carbocycles. The maximum absolute atomic E-state index is 13.1. The van der Waals surface area contributed by atoms with Crippen LogP contribution in [0, 0.1) is 0 Å². The zero-order valence-electron chi connectivity index (χ0n) is 17.9. The lowest BCUT2D eigenvalue weighted by Crippen LogP contribution is -2.40. The van der Waals surface area contributed by atoms with Crippen LogP contribution in [0.5, 0.6) is 0 Å². The van der Waals surface area contributed by atoms with Crippen LogP contribution in [0.3, 0.4) is 0 Å². The maximum atomic E-state index is 13.1. The van der Waals surface area contributed by atoms with Gasteiger partial charge >= 0.3 is 0 Å². The van der Waals surface area contributed by atoms with E-state index in [1.54, 1.807) is 12.4 Å². The van der Waals surface area contributed by atoms with E-state index in [1.807, 2.05) is 42.4 Å². The Morgan fingerprint density at radius 2 is 1.72 bits per heavy atom. The Morgan fingerprint density at radius 3 is 2.34 bits per heavy atom. The summed E-state index contributed by atoms with van der Waals surface area (Å²) in [6.07, 6.45) is 8.42. The van der Waals surface area contributed by atoms with Crippen LogP contribution in [0.1, 0.15) is 37.0 Å². The summed E-state index contributed by atoms with van der Waals surface area (Å²) in [4.78, 5) is 28.2. The topological polar surface area (TPSA) is 101 Å². The third kappa shape index (κ3) is 6.15. The smallest absolute Gasteiger partial charge is 0.222 e. The molecule has 0 spiro atoms. The van der Waals surface area contributed by atoms with E-state index >= 15 is 0 Å². The second kappa shape index (κ2) is 11.8. The van der Waals surface area contributed by atoms with Crippen LogP contribution in [0.4, 0.5) is 5.95 Å². The van der Waals surface area contributed by atoms with Crippen molar-refractivity contribution in [3.8, 4) is 11.4 Å². The number of anilines is 1. The van der Waals surface area contributed by atoms with E-state index in [4.69, 9.17) is 11.6 Å². The van der Waals surface area contributed by atoms with Gasteiger partial charge < -0.3 is 5.32 Å². The Hall–Kier alpha value is -2.75. The average molecular weight is 473 g/mol. The zero-order chi connectivity index (χ0) is 22.9. The second-order valence-corrected chi connectivity index (χ2v) is 8.73. The van der Waals surface area contributed by atoms with Gasteiger partial charge in [0.15, 0.2) is 12.1 Å². The number of rotatable bonds is 6. The van der Waals surface area contributed by atoms with Crippen molar-refractivity contribution in [2.75, 3.05) is 18.4 Å². The van der Waals surface area contributed by atoms with Gasteiger partial charge in [0.2, 0.25) is 5.95 Å². The quantitative estimate of drug-likeness (QED) is 0.540. The summed E-state index contributed by atoms with van der Waals surface area (Å²) in [5.74, 6) is 1.04. The third-order valence-electron chi connectivity index (χ3n) is 4.74. The first-order valence-electron chi connectivity index (χ1n) is 10.4. The molecule has 168 valence electrons. The predicted octanol–water partition coefficient (Wildman–Crippen LogP) is 4.02. The maximum Gasteiger partial charge on any atom is 0.222 e. The Balaban J connectivity index is 0.00000141. The number of nitrogens with zero attached hydrogens (tertiary/aromatic N) is 5. The van der Waals surface area contributed by atoms with Crippen LogP contribution in [-0.2, 0) is 11.0 Å². The normalized spacial score (nSPS) is 15.3. The molecular formula is C22H25ClN6O2S. The van der Waals surface area contributed by atoms with Crippen molar-refractivity contribution in [2.45, 2.75) is 37.6 Å². The molecule has 4 rings (SSSR count). The predicted molar refractivity (Wildman–Crippen MR) is 126 cm³/mol. The van der Waals surface area contributed by atoms with Crippen molar-refractivity contribution < 1.29 is 9.00 Å². The number of aromatic nitrogens is 4. The number of aldehydes is 1. The Bertz CT molecular complexity index is 1040. The van der Waals surface area contributed by atoms with Crippen LogP contribution >= 0.6 is 11.6 Å². The van der Waals surface area contributed by atoms with Crippen molar-refractivity contribution in [2.24, 2.45) is 0 Å². The van der Waals surface area contributed by atoms with Crippen molar-refractivity contribution in [3.63, 3.8) is 0 Å². The standard InChI is InChI=1S/C20H19ClN6O2S.C2H6/c21-16-11-24-20(25-12-16)26-17-4-6-27(7-5-17)30(29)18-3-1-2-15(8-18)19-22-9-14(13-28)10-23-19;1-2/h1-3,8-13,17H,4-7H2,(H,24,25,26);1-2H3. The van der Waals surface area contributed by atoms with Gasteiger partial charge in [0, 0.05) is 37.1 Å². The molecule has 32 heavy (non-hydrogen) atoms. The van der Waals surface area contributed by atoms with Crippen LogP contribution in [0.2, 0.25) is 5.02 Å². The molecule has 1 fully saturated rings. The Labute approximate surface area is 195 Å². The van der Waals surface area contributed by atoms with Crippen molar-refractivity contribution in [3.05, 3.63) is 59.6 Å². The number of nitrogens with one attached hydrogen (secondary N) is 1. The van der Waals surface area contributed by atoms with Crippen molar-refractivity contribution in [1.29, 1.82) is 0 Å². The number of piperidine rings is 1. The fourth-order valence-electron chi connectivity index (χ4n) is 3.18. The molecule has 0 amide bonds. The molecule has 0 aliphatic carbocycles. The lowest BCUT2D eigenvalue weighted by molar-refractivity contribution is 0.112. The summed E-state index contributed by atoms with van der Waals surface area (Å²) in [5, 5.41) is 3.80. The van der Waals surface area contributed by atoms with E-state index in [0.29, 0.717) is 46.6 Å². The highest BCUT2D eigenvalue weighted by molar-refractivity contribution is 7.82. The van der Waals surface area contributed by atoms with Gasteiger partial charge in [-0.05, 0) is 25.0 Å². The fraction of sp³-hybridized carbons (Fsp3) is 0.318. The molecule has 3 aromatic rings. The molecule has 0 radical (unpaired) electrons. The number of hydrogen-bond donors (Lipinski definition) is 1. The number of hydrogen-bond acceptors (Lipinski definition) is 7. The molecule has 3 heterocycles. The van der Waals surface area contributed by atoms with Gasteiger partial charge in [0.1, 0.15) is 11.0 Å². The van der Waals surface area contributed by atoms with Crippen LogP contribution in [0.25, 0.3) is 11.4 Å². The van der Waals surface area contributed by atoms with E-state index in [0.717, 1.165) is 18.4 Å². The summed E-state index contributed by atoms with van der Waals surface area (Å²) < 4.78 is 15.0. The van der Waals surface area contributed by atoms with Gasteiger partial charge in [-0.3, -0.25) is 4.79 Å². The van der Waals surface area contributed by atoms with Crippen LogP contribution in [-0.4, -0.2) is 53.9 Å². The molecule has 0 saturated carbocycles. The third-order valence-corrected chi connectivity index (χ3v) is 6.43. The van der Waals surface area contributed by atoms with Crippen LogP contribution < -0.4 is 5.32 Å². The van der Waals surface area contributed by atoms with E-state index in [1.165, 1.54) is 12.4 Å². The highest BCUT2D eigenvalue weighted by Gasteiger charge is 2.24. The lowest BCUT2D eigenvalue weighted by Gasteiger charge is -2.31.